The quantitative estimate of drug-likeness (QED) is 0.855. The average Bonchev–Trinajstić information content (AvgIpc) is 2.93. The van der Waals surface area contributed by atoms with Gasteiger partial charge in [-0.25, -0.2) is 4.68 Å². The summed E-state index contributed by atoms with van der Waals surface area (Å²) in [6.45, 7) is 2.51. The van der Waals surface area contributed by atoms with Gasteiger partial charge in [0.1, 0.15) is 6.33 Å². The van der Waals surface area contributed by atoms with Crippen molar-refractivity contribution in [3.05, 3.63) is 30.6 Å². The van der Waals surface area contributed by atoms with E-state index in [-0.39, 0.29) is 24.2 Å². The number of amides is 1. The van der Waals surface area contributed by atoms with Crippen molar-refractivity contribution in [3.8, 4) is 5.69 Å². The standard InChI is InChI=1S/C12H16N6O.ClH/c1-9(7-13-2)12(19)15-10-4-3-5-11(6-10)18-8-14-16-17-18;/h3-6,8-9,13H,7H2,1-2H3,(H,15,19);1H. The molecular formula is C12H17ClN6O. The lowest BCUT2D eigenvalue weighted by Crippen LogP contribution is -2.28. The molecule has 1 aromatic heterocycles. The van der Waals surface area contributed by atoms with Gasteiger partial charge in [0.2, 0.25) is 5.91 Å². The van der Waals surface area contributed by atoms with E-state index in [1.54, 1.807) is 0 Å². The minimum atomic E-state index is -0.0957. The van der Waals surface area contributed by atoms with Crippen molar-refractivity contribution >= 4 is 24.0 Å². The molecule has 0 bridgehead atoms. The van der Waals surface area contributed by atoms with E-state index >= 15 is 0 Å². The second-order valence-corrected chi connectivity index (χ2v) is 4.25. The molecule has 0 aliphatic carbocycles. The van der Waals surface area contributed by atoms with Gasteiger partial charge in [0.25, 0.3) is 0 Å². The third-order valence-corrected chi connectivity index (χ3v) is 2.69. The SMILES string of the molecule is CNCC(C)C(=O)Nc1cccc(-n2cnnn2)c1.Cl. The lowest BCUT2D eigenvalue weighted by atomic mass is 10.1. The molecule has 0 aliphatic heterocycles. The zero-order valence-electron chi connectivity index (χ0n) is 11.3. The molecule has 2 aromatic rings. The molecule has 1 aromatic carbocycles. The molecule has 1 heterocycles. The lowest BCUT2D eigenvalue weighted by Gasteiger charge is -2.12. The fourth-order valence-electron chi connectivity index (χ4n) is 1.67. The highest BCUT2D eigenvalue weighted by Crippen LogP contribution is 2.14. The molecule has 108 valence electrons. The molecule has 8 heteroatoms. The minimum Gasteiger partial charge on any atom is -0.326 e. The topological polar surface area (TPSA) is 84.7 Å². The molecule has 1 atom stereocenters. The number of anilines is 1. The second-order valence-electron chi connectivity index (χ2n) is 4.25. The van der Waals surface area contributed by atoms with E-state index in [1.807, 2.05) is 38.2 Å². The molecule has 0 saturated carbocycles. The molecule has 20 heavy (non-hydrogen) atoms. The van der Waals surface area contributed by atoms with Crippen LogP contribution in [0.4, 0.5) is 5.69 Å². The van der Waals surface area contributed by atoms with Crippen LogP contribution in [0, 0.1) is 5.92 Å². The highest BCUT2D eigenvalue weighted by molar-refractivity contribution is 5.92. The summed E-state index contributed by atoms with van der Waals surface area (Å²) in [6, 6.07) is 7.36. The number of carbonyl (C=O) groups excluding carboxylic acids is 1. The number of nitrogens with zero attached hydrogens (tertiary/aromatic N) is 4. The Morgan fingerprint density at radius 2 is 2.25 bits per heavy atom. The maximum atomic E-state index is 11.9. The predicted molar refractivity (Wildman–Crippen MR) is 78.1 cm³/mol. The number of nitrogens with one attached hydrogen (secondary N) is 2. The Morgan fingerprint density at radius 1 is 1.45 bits per heavy atom. The molecule has 0 saturated heterocycles. The van der Waals surface area contributed by atoms with Gasteiger partial charge in [-0.05, 0) is 35.7 Å². The first-order valence-electron chi connectivity index (χ1n) is 5.99. The Balaban J connectivity index is 0.00000200. The number of hydrogen-bond donors (Lipinski definition) is 2. The van der Waals surface area contributed by atoms with Crippen molar-refractivity contribution in [1.82, 2.24) is 25.5 Å². The fourth-order valence-corrected chi connectivity index (χ4v) is 1.67. The van der Waals surface area contributed by atoms with Crippen LogP contribution in [-0.4, -0.2) is 39.7 Å². The van der Waals surface area contributed by atoms with Crippen LogP contribution in [0.25, 0.3) is 5.69 Å². The van der Waals surface area contributed by atoms with E-state index in [2.05, 4.69) is 26.2 Å². The van der Waals surface area contributed by atoms with Crippen LogP contribution < -0.4 is 10.6 Å². The van der Waals surface area contributed by atoms with Gasteiger partial charge in [0.05, 0.1) is 5.69 Å². The van der Waals surface area contributed by atoms with Crippen LogP contribution in [0.15, 0.2) is 30.6 Å². The Morgan fingerprint density at radius 3 is 2.90 bits per heavy atom. The summed E-state index contributed by atoms with van der Waals surface area (Å²) < 4.78 is 1.53. The van der Waals surface area contributed by atoms with Crippen LogP contribution in [0.2, 0.25) is 0 Å². The highest BCUT2D eigenvalue weighted by atomic mass is 35.5. The number of carbonyl (C=O) groups is 1. The van der Waals surface area contributed by atoms with Crippen molar-refractivity contribution in [2.24, 2.45) is 5.92 Å². The van der Waals surface area contributed by atoms with Gasteiger partial charge < -0.3 is 10.6 Å². The molecule has 0 radical (unpaired) electrons. The number of halogens is 1. The number of rotatable bonds is 5. The zero-order chi connectivity index (χ0) is 13.7. The van der Waals surface area contributed by atoms with Gasteiger partial charge in [-0.15, -0.1) is 17.5 Å². The Kier molecular flexibility index (Phi) is 6.08. The van der Waals surface area contributed by atoms with E-state index in [0.29, 0.717) is 6.54 Å². The van der Waals surface area contributed by atoms with Crippen molar-refractivity contribution in [1.29, 1.82) is 0 Å². The van der Waals surface area contributed by atoms with E-state index in [1.165, 1.54) is 11.0 Å². The van der Waals surface area contributed by atoms with Crippen molar-refractivity contribution < 1.29 is 4.79 Å². The van der Waals surface area contributed by atoms with Crippen molar-refractivity contribution in [2.75, 3.05) is 18.9 Å². The van der Waals surface area contributed by atoms with Gasteiger partial charge in [0.15, 0.2) is 0 Å². The highest BCUT2D eigenvalue weighted by Gasteiger charge is 2.12. The van der Waals surface area contributed by atoms with Crippen LogP contribution in [0.5, 0.6) is 0 Å². The van der Waals surface area contributed by atoms with Gasteiger partial charge in [0, 0.05) is 18.2 Å². The molecule has 1 unspecified atom stereocenters. The first-order valence-corrected chi connectivity index (χ1v) is 5.99. The monoisotopic (exact) mass is 296 g/mol. The molecule has 1 amide bonds. The maximum Gasteiger partial charge on any atom is 0.228 e. The summed E-state index contributed by atoms with van der Waals surface area (Å²) in [5.41, 5.74) is 1.52. The smallest absolute Gasteiger partial charge is 0.228 e. The molecule has 2 N–H and O–H groups in total. The molecule has 7 nitrogen and oxygen atoms in total. The molecule has 2 rings (SSSR count). The first-order chi connectivity index (χ1) is 9.20. The summed E-state index contributed by atoms with van der Waals surface area (Å²) in [5.74, 6) is -0.120. The van der Waals surface area contributed by atoms with Gasteiger partial charge >= 0.3 is 0 Å². The molecule has 0 aliphatic rings. The first kappa shape index (κ1) is 16.1. The van der Waals surface area contributed by atoms with Gasteiger partial charge in [-0.3, -0.25) is 4.79 Å². The minimum absolute atomic E-state index is 0. The predicted octanol–water partition coefficient (Wildman–Crippen LogP) is 0.878. The number of aromatic nitrogens is 4. The number of hydrogen-bond acceptors (Lipinski definition) is 5. The summed E-state index contributed by atoms with van der Waals surface area (Å²) in [6.07, 6.45) is 1.50. The van der Waals surface area contributed by atoms with Gasteiger partial charge in [-0.2, -0.15) is 0 Å². The normalized spacial score (nSPS) is 11.5. The Hall–Kier alpha value is -1.99. The summed E-state index contributed by atoms with van der Waals surface area (Å²) in [5, 5.41) is 16.8. The van der Waals surface area contributed by atoms with Crippen molar-refractivity contribution in [2.45, 2.75) is 6.92 Å². The third-order valence-electron chi connectivity index (χ3n) is 2.69. The van der Waals surface area contributed by atoms with E-state index < -0.39 is 0 Å². The largest absolute Gasteiger partial charge is 0.326 e. The Labute approximate surface area is 123 Å². The second kappa shape index (κ2) is 7.56. The average molecular weight is 297 g/mol. The van der Waals surface area contributed by atoms with Crippen LogP contribution in [-0.2, 0) is 4.79 Å². The lowest BCUT2D eigenvalue weighted by molar-refractivity contribution is -0.119. The summed E-state index contributed by atoms with van der Waals surface area (Å²) in [7, 11) is 1.82. The maximum absolute atomic E-state index is 11.9. The van der Waals surface area contributed by atoms with Crippen LogP contribution >= 0.6 is 12.4 Å². The van der Waals surface area contributed by atoms with E-state index in [9.17, 15) is 4.79 Å². The molecule has 0 spiro atoms. The Bertz CT molecular complexity index is 545. The van der Waals surface area contributed by atoms with Gasteiger partial charge in [-0.1, -0.05) is 13.0 Å². The third kappa shape index (κ3) is 4.01. The molecule has 0 fully saturated rings. The number of benzene rings is 1. The fraction of sp³-hybridized carbons (Fsp3) is 0.333. The molecular weight excluding hydrogens is 280 g/mol. The van der Waals surface area contributed by atoms with E-state index in [0.717, 1.165) is 11.4 Å². The van der Waals surface area contributed by atoms with Crippen LogP contribution in [0.1, 0.15) is 6.92 Å². The number of tetrazole rings is 1. The van der Waals surface area contributed by atoms with Crippen molar-refractivity contribution in [3.63, 3.8) is 0 Å². The zero-order valence-corrected chi connectivity index (χ0v) is 12.1. The summed E-state index contributed by atoms with van der Waals surface area (Å²) >= 11 is 0. The summed E-state index contributed by atoms with van der Waals surface area (Å²) in [4.78, 5) is 11.9. The van der Waals surface area contributed by atoms with Crippen LogP contribution in [0.3, 0.4) is 0 Å². The van der Waals surface area contributed by atoms with E-state index in [4.69, 9.17) is 0 Å².